The van der Waals surface area contributed by atoms with E-state index in [4.69, 9.17) is 9.47 Å². The average molecular weight is 318 g/mol. The largest absolute Gasteiger partial charge is 0.508 e. The van der Waals surface area contributed by atoms with Crippen LogP contribution in [0.1, 0.15) is 24.5 Å². The third-order valence-corrected chi connectivity index (χ3v) is 3.45. The normalized spacial score (nSPS) is 17.8. The Bertz CT molecular complexity index is 659. The molecule has 0 aromatic heterocycles. The molecule has 1 aromatic rings. The Morgan fingerprint density at radius 3 is 2.87 bits per heavy atom. The number of phenolic OH excluding ortho intramolecular Hbond substituents is 2. The van der Waals surface area contributed by atoms with Gasteiger partial charge in [-0.15, -0.1) is 0 Å². The van der Waals surface area contributed by atoms with Gasteiger partial charge in [-0.25, -0.2) is 4.79 Å². The van der Waals surface area contributed by atoms with E-state index in [1.807, 2.05) is 0 Å². The van der Waals surface area contributed by atoms with Crippen LogP contribution in [0.5, 0.6) is 11.5 Å². The first kappa shape index (κ1) is 16.8. The maximum Gasteiger partial charge on any atom is 0.334 e. The Balaban J connectivity index is 2.07. The predicted octanol–water partition coefficient (Wildman–Crippen LogP) is 2.17. The first-order chi connectivity index (χ1) is 11.0. The van der Waals surface area contributed by atoms with Crippen molar-refractivity contribution in [3.05, 3.63) is 47.1 Å². The number of rotatable bonds is 7. The van der Waals surface area contributed by atoms with Crippen LogP contribution in [0, 0.1) is 0 Å². The van der Waals surface area contributed by atoms with Crippen molar-refractivity contribution in [2.24, 2.45) is 0 Å². The first-order valence-corrected chi connectivity index (χ1v) is 7.12. The van der Waals surface area contributed by atoms with Gasteiger partial charge in [0, 0.05) is 23.8 Å². The summed E-state index contributed by atoms with van der Waals surface area (Å²) in [5.74, 6) is -0.541. The number of allylic oxidation sites excluding steroid dienone is 1. The highest BCUT2D eigenvalue weighted by atomic mass is 16.5. The molecule has 6 heteroatoms. The number of esters is 1. The zero-order valence-electron chi connectivity index (χ0n) is 12.7. The van der Waals surface area contributed by atoms with Crippen LogP contribution < -0.4 is 0 Å². The molecule has 0 spiro atoms. The van der Waals surface area contributed by atoms with Crippen LogP contribution in [0.15, 0.2) is 41.5 Å². The fourth-order valence-corrected chi connectivity index (χ4v) is 2.31. The lowest BCUT2D eigenvalue weighted by atomic mass is 10.0. The number of carbonyl (C=O) groups is 2. The highest BCUT2D eigenvalue weighted by molar-refractivity contribution is 5.91. The van der Waals surface area contributed by atoms with Crippen molar-refractivity contribution in [3.63, 3.8) is 0 Å². The van der Waals surface area contributed by atoms with E-state index in [1.54, 1.807) is 12.2 Å². The van der Waals surface area contributed by atoms with Gasteiger partial charge >= 0.3 is 5.97 Å². The number of hydrogen-bond acceptors (Lipinski definition) is 6. The summed E-state index contributed by atoms with van der Waals surface area (Å²) >= 11 is 0. The molecule has 2 N–H and O–H groups in total. The number of methoxy groups -OCH3 is 1. The first-order valence-electron chi connectivity index (χ1n) is 7.12. The SMILES string of the molecule is COCC(C=O)=CCCC1=C[C@@H](c2cc(O)ccc2O)OC1=O. The van der Waals surface area contributed by atoms with E-state index in [-0.39, 0.29) is 18.1 Å². The Hall–Kier alpha value is -2.60. The summed E-state index contributed by atoms with van der Waals surface area (Å²) in [5, 5.41) is 19.3. The molecule has 0 saturated heterocycles. The van der Waals surface area contributed by atoms with Gasteiger partial charge < -0.3 is 19.7 Å². The molecule has 0 radical (unpaired) electrons. The molecule has 0 aliphatic carbocycles. The second kappa shape index (κ2) is 7.60. The van der Waals surface area contributed by atoms with Crippen LogP contribution >= 0.6 is 0 Å². The molecule has 6 nitrogen and oxygen atoms in total. The summed E-state index contributed by atoms with van der Waals surface area (Å²) in [6, 6.07) is 4.05. The fourth-order valence-electron chi connectivity index (χ4n) is 2.31. The minimum Gasteiger partial charge on any atom is -0.508 e. The van der Waals surface area contributed by atoms with E-state index < -0.39 is 12.1 Å². The summed E-state index contributed by atoms with van der Waals surface area (Å²) in [7, 11) is 1.50. The Labute approximate surface area is 133 Å². The molecule has 23 heavy (non-hydrogen) atoms. The van der Waals surface area contributed by atoms with Crippen LogP contribution in [-0.2, 0) is 19.1 Å². The summed E-state index contributed by atoms with van der Waals surface area (Å²) in [5.41, 5.74) is 1.31. The minimum atomic E-state index is -0.724. The summed E-state index contributed by atoms with van der Waals surface area (Å²) < 4.78 is 10.1. The van der Waals surface area contributed by atoms with Crippen molar-refractivity contribution in [2.75, 3.05) is 13.7 Å². The van der Waals surface area contributed by atoms with E-state index in [2.05, 4.69) is 0 Å². The molecular formula is C17H18O6. The molecule has 0 fully saturated rings. The Kier molecular flexibility index (Phi) is 5.54. The van der Waals surface area contributed by atoms with E-state index in [0.29, 0.717) is 29.6 Å². The molecule has 0 amide bonds. The van der Waals surface area contributed by atoms with Gasteiger partial charge in [-0.05, 0) is 37.1 Å². The van der Waals surface area contributed by atoms with E-state index in [0.717, 1.165) is 6.29 Å². The zero-order chi connectivity index (χ0) is 16.8. The van der Waals surface area contributed by atoms with Crippen molar-refractivity contribution in [1.29, 1.82) is 0 Å². The summed E-state index contributed by atoms with van der Waals surface area (Å²) in [4.78, 5) is 22.7. The number of carbonyl (C=O) groups excluding carboxylic acids is 2. The van der Waals surface area contributed by atoms with Gasteiger partial charge in [0.1, 0.15) is 23.9 Å². The summed E-state index contributed by atoms with van der Waals surface area (Å²) in [6.07, 6.45) is 4.23. The van der Waals surface area contributed by atoms with Crippen LogP contribution in [0.3, 0.4) is 0 Å². The van der Waals surface area contributed by atoms with E-state index in [1.165, 1.54) is 25.3 Å². The van der Waals surface area contributed by atoms with Gasteiger partial charge in [0.05, 0.1) is 6.61 Å². The van der Waals surface area contributed by atoms with Crippen molar-refractivity contribution in [2.45, 2.75) is 18.9 Å². The lowest BCUT2D eigenvalue weighted by Gasteiger charge is -2.10. The van der Waals surface area contributed by atoms with Gasteiger partial charge in [-0.1, -0.05) is 6.08 Å². The number of aromatic hydroxyl groups is 2. The number of aldehydes is 1. The monoisotopic (exact) mass is 318 g/mol. The molecule has 0 saturated carbocycles. The van der Waals surface area contributed by atoms with Gasteiger partial charge in [-0.3, -0.25) is 4.79 Å². The van der Waals surface area contributed by atoms with Crippen LogP contribution in [0.2, 0.25) is 0 Å². The molecule has 0 bridgehead atoms. The minimum absolute atomic E-state index is 0.0196. The third kappa shape index (κ3) is 4.20. The number of ether oxygens (including phenoxy) is 2. The van der Waals surface area contributed by atoms with Gasteiger partial charge in [-0.2, -0.15) is 0 Å². The smallest absolute Gasteiger partial charge is 0.334 e. The highest BCUT2D eigenvalue weighted by Crippen LogP contribution is 2.36. The fraction of sp³-hybridized carbons (Fsp3) is 0.294. The Morgan fingerprint density at radius 1 is 1.39 bits per heavy atom. The molecule has 1 atom stereocenters. The van der Waals surface area contributed by atoms with Crippen LogP contribution in [0.25, 0.3) is 0 Å². The number of benzene rings is 1. The van der Waals surface area contributed by atoms with Gasteiger partial charge in [0.2, 0.25) is 0 Å². The number of cyclic esters (lactones) is 1. The van der Waals surface area contributed by atoms with Gasteiger partial charge in [0.15, 0.2) is 0 Å². The zero-order valence-corrected chi connectivity index (χ0v) is 12.7. The molecule has 1 heterocycles. The van der Waals surface area contributed by atoms with E-state index >= 15 is 0 Å². The molecule has 1 aliphatic heterocycles. The number of phenols is 2. The molecule has 1 aliphatic rings. The second-order valence-electron chi connectivity index (χ2n) is 5.13. The topological polar surface area (TPSA) is 93.1 Å². The molecular weight excluding hydrogens is 300 g/mol. The molecule has 2 rings (SSSR count). The second-order valence-corrected chi connectivity index (χ2v) is 5.13. The van der Waals surface area contributed by atoms with Crippen LogP contribution in [0.4, 0.5) is 0 Å². The van der Waals surface area contributed by atoms with Crippen molar-refractivity contribution < 1.29 is 29.3 Å². The van der Waals surface area contributed by atoms with Crippen LogP contribution in [-0.4, -0.2) is 36.2 Å². The van der Waals surface area contributed by atoms with Crippen molar-refractivity contribution >= 4 is 12.3 Å². The highest BCUT2D eigenvalue weighted by Gasteiger charge is 2.28. The lowest BCUT2D eigenvalue weighted by molar-refractivity contribution is -0.140. The average Bonchev–Trinajstić information content (AvgIpc) is 2.89. The summed E-state index contributed by atoms with van der Waals surface area (Å²) in [6.45, 7) is 0.229. The Morgan fingerprint density at radius 2 is 2.17 bits per heavy atom. The van der Waals surface area contributed by atoms with Crippen molar-refractivity contribution in [1.82, 2.24) is 0 Å². The maximum atomic E-state index is 11.9. The predicted molar refractivity (Wildman–Crippen MR) is 81.9 cm³/mol. The quantitative estimate of drug-likeness (QED) is 0.346. The molecule has 0 unspecified atom stereocenters. The standard InChI is InChI=1S/C17H18O6/c1-22-10-11(9-18)3-2-4-12-7-16(23-17(12)21)14-8-13(19)5-6-15(14)20/h3,5-9,16,19-20H,2,4,10H2,1H3/t16-/m0/s1. The third-order valence-electron chi connectivity index (χ3n) is 3.45. The maximum absolute atomic E-state index is 11.9. The lowest BCUT2D eigenvalue weighted by Crippen LogP contribution is -2.03. The van der Waals surface area contributed by atoms with Crippen molar-refractivity contribution in [3.8, 4) is 11.5 Å². The number of hydrogen-bond donors (Lipinski definition) is 2. The van der Waals surface area contributed by atoms with E-state index in [9.17, 15) is 19.8 Å². The van der Waals surface area contributed by atoms with Gasteiger partial charge in [0.25, 0.3) is 0 Å². The molecule has 1 aromatic carbocycles. The molecule has 122 valence electrons.